The van der Waals surface area contributed by atoms with Gasteiger partial charge in [-0.1, -0.05) is 23.7 Å². The highest BCUT2D eigenvalue weighted by Gasteiger charge is 2.06. The summed E-state index contributed by atoms with van der Waals surface area (Å²) in [6.07, 6.45) is 0. The zero-order valence-corrected chi connectivity index (χ0v) is 11.4. The Hall–Kier alpha value is -1.30. The number of nitrogens with zero attached hydrogens (tertiary/aromatic N) is 1. The summed E-state index contributed by atoms with van der Waals surface area (Å²) in [7, 11) is 1.63. The summed E-state index contributed by atoms with van der Waals surface area (Å²) in [5, 5.41) is 3.90. The molecule has 18 heavy (non-hydrogen) atoms. The van der Waals surface area contributed by atoms with Gasteiger partial charge >= 0.3 is 0 Å². The normalized spacial score (nSPS) is 13.2. The Kier molecular flexibility index (Phi) is 6.49. The van der Waals surface area contributed by atoms with Gasteiger partial charge in [-0.05, 0) is 24.6 Å². The van der Waals surface area contributed by atoms with Crippen molar-refractivity contribution in [2.75, 3.05) is 20.3 Å². The molecule has 0 aliphatic carbocycles. The first-order chi connectivity index (χ1) is 8.67. The van der Waals surface area contributed by atoms with E-state index >= 15 is 0 Å². The van der Waals surface area contributed by atoms with E-state index in [2.05, 4.69) is 15.7 Å². The number of guanidine groups is 1. The molecule has 0 heterocycles. The smallest absolute Gasteiger partial charge is 0.206 e. The van der Waals surface area contributed by atoms with Crippen LogP contribution in [0.1, 0.15) is 18.5 Å². The van der Waals surface area contributed by atoms with Crippen LogP contribution in [-0.4, -0.2) is 26.2 Å². The number of benzene rings is 1. The molecule has 100 valence electrons. The Labute approximate surface area is 112 Å². The van der Waals surface area contributed by atoms with Gasteiger partial charge in [0.2, 0.25) is 5.96 Å². The van der Waals surface area contributed by atoms with Crippen LogP contribution in [0, 0.1) is 0 Å². The molecule has 4 N–H and O–H groups in total. The molecule has 0 saturated heterocycles. The summed E-state index contributed by atoms with van der Waals surface area (Å²) in [4.78, 5) is 4.23. The van der Waals surface area contributed by atoms with Crippen molar-refractivity contribution in [2.45, 2.75) is 13.0 Å². The maximum Gasteiger partial charge on any atom is 0.206 e. The number of nitrogens with two attached hydrogens (primary N) is 1. The van der Waals surface area contributed by atoms with Crippen molar-refractivity contribution in [1.29, 1.82) is 0 Å². The fourth-order valence-corrected chi connectivity index (χ4v) is 1.55. The second-order valence-corrected chi connectivity index (χ2v) is 4.22. The molecule has 0 saturated carbocycles. The highest BCUT2D eigenvalue weighted by molar-refractivity contribution is 6.30. The summed E-state index contributed by atoms with van der Waals surface area (Å²) in [5.41, 5.74) is 3.64. The topological polar surface area (TPSA) is 71.7 Å². The molecule has 1 aromatic rings. The molecule has 0 fully saturated rings. The van der Waals surface area contributed by atoms with E-state index in [1.807, 2.05) is 31.2 Å². The Morgan fingerprint density at radius 1 is 1.44 bits per heavy atom. The largest absolute Gasteiger partial charge is 0.383 e. The van der Waals surface area contributed by atoms with Gasteiger partial charge in [0, 0.05) is 12.1 Å². The first-order valence-electron chi connectivity index (χ1n) is 5.69. The van der Waals surface area contributed by atoms with Gasteiger partial charge in [-0.25, -0.2) is 10.8 Å². The Balaban J connectivity index is 2.58. The van der Waals surface area contributed by atoms with Gasteiger partial charge in [-0.2, -0.15) is 0 Å². The average molecular weight is 271 g/mol. The SMILES string of the molecule is COCCN=C(NN)NC(C)c1ccc(Cl)cc1. The minimum Gasteiger partial charge on any atom is -0.383 e. The lowest BCUT2D eigenvalue weighted by molar-refractivity contribution is 0.208. The standard InChI is InChI=1S/C12H19ClN4O/c1-9(10-3-5-11(13)6-4-10)16-12(17-14)15-7-8-18-2/h3-6,9H,7-8,14H2,1-2H3,(H2,15,16,17). The third-order valence-electron chi connectivity index (χ3n) is 2.43. The van der Waals surface area contributed by atoms with Crippen LogP contribution in [0.3, 0.4) is 0 Å². The van der Waals surface area contributed by atoms with Gasteiger partial charge in [0.25, 0.3) is 0 Å². The maximum absolute atomic E-state index is 5.84. The quantitative estimate of drug-likeness (QED) is 0.249. The van der Waals surface area contributed by atoms with Crippen LogP contribution < -0.4 is 16.6 Å². The zero-order chi connectivity index (χ0) is 13.4. The second kappa shape index (κ2) is 7.92. The van der Waals surface area contributed by atoms with E-state index in [1.54, 1.807) is 7.11 Å². The van der Waals surface area contributed by atoms with Crippen molar-refractivity contribution < 1.29 is 4.74 Å². The van der Waals surface area contributed by atoms with Crippen molar-refractivity contribution in [1.82, 2.24) is 10.7 Å². The summed E-state index contributed by atoms with van der Waals surface area (Å²) in [6, 6.07) is 7.71. The summed E-state index contributed by atoms with van der Waals surface area (Å²) < 4.78 is 4.92. The number of aliphatic imine (C=N–C) groups is 1. The van der Waals surface area contributed by atoms with E-state index in [4.69, 9.17) is 22.2 Å². The van der Waals surface area contributed by atoms with Gasteiger partial charge in [0.1, 0.15) is 0 Å². The number of ether oxygens (including phenoxy) is 1. The molecule has 0 spiro atoms. The Morgan fingerprint density at radius 2 is 2.11 bits per heavy atom. The Bertz CT molecular complexity index is 380. The van der Waals surface area contributed by atoms with Gasteiger partial charge < -0.3 is 10.1 Å². The number of hydrogen-bond acceptors (Lipinski definition) is 3. The predicted molar refractivity (Wildman–Crippen MR) is 74.5 cm³/mol. The molecule has 1 unspecified atom stereocenters. The molecule has 0 radical (unpaired) electrons. The highest BCUT2D eigenvalue weighted by atomic mass is 35.5. The molecule has 0 amide bonds. The molecule has 0 bridgehead atoms. The predicted octanol–water partition coefficient (Wildman–Crippen LogP) is 1.46. The van der Waals surface area contributed by atoms with E-state index < -0.39 is 0 Å². The molecule has 5 nitrogen and oxygen atoms in total. The van der Waals surface area contributed by atoms with Gasteiger partial charge in [0.15, 0.2) is 0 Å². The van der Waals surface area contributed by atoms with Crippen molar-refractivity contribution in [3.05, 3.63) is 34.9 Å². The van der Waals surface area contributed by atoms with Crippen LogP contribution in [0.5, 0.6) is 0 Å². The van der Waals surface area contributed by atoms with Crippen LogP contribution in [0.2, 0.25) is 5.02 Å². The van der Waals surface area contributed by atoms with Gasteiger partial charge in [0.05, 0.1) is 19.2 Å². The molecular formula is C12H19ClN4O. The molecule has 6 heteroatoms. The van der Waals surface area contributed by atoms with Crippen LogP contribution in [0.4, 0.5) is 0 Å². The summed E-state index contributed by atoms with van der Waals surface area (Å²) >= 11 is 5.84. The fraction of sp³-hybridized carbons (Fsp3) is 0.417. The number of hydrazine groups is 1. The van der Waals surface area contributed by atoms with Gasteiger partial charge in [-0.3, -0.25) is 5.43 Å². The lowest BCUT2D eigenvalue weighted by atomic mass is 10.1. The molecule has 1 atom stereocenters. The van der Waals surface area contributed by atoms with Gasteiger partial charge in [-0.15, -0.1) is 0 Å². The van der Waals surface area contributed by atoms with Crippen LogP contribution in [0.15, 0.2) is 29.3 Å². The summed E-state index contributed by atoms with van der Waals surface area (Å²) in [6.45, 7) is 3.13. The maximum atomic E-state index is 5.84. The monoisotopic (exact) mass is 270 g/mol. The van der Waals surface area contributed by atoms with E-state index in [-0.39, 0.29) is 6.04 Å². The first kappa shape index (κ1) is 14.8. The van der Waals surface area contributed by atoms with Crippen LogP contribution in [-0.2, 0) is 4.74 Å². The Morgan fingerprint density at radius 3 is 2.67 bits per heavy atom. The number of rotatable bonds is 5. The number of methoxy groups -OCH3 is 1. The fourth-order valence-electron chi connectivity index (χ4n) is 1.42. The van der Waals surface area contributed by atoms with Crippen LogP contribution >= 0.6 is 11.6 Å². The lowest BCUT2D eigenvalue weighted by Gasteiger charge is -2.17. The molecule has 0 aromatic heterocycles. The second-order valence-electron chi connectivity index (χ2n) is 3.79. The average Bonchev–Trinajstić information content (AvgIpc) is 2.38. The highest BCUT2D eigenvalue weighted by Crippen LogP contribution is 2.15. The minimum atomic E-state index is 0.0830. The lowest BCUT2D eigenvalue weighted by Crippen LogP contribution is -2.42. The third kappa shape index (κ3) is 4.91. The molecule has 1 aromatic carbocycles. The van der Waals surface area contributed by atoms with E-state index in [0.717, 1.165) is 10.6 Å². The molecule has 1 rings (SSSR count). The zero-order valence-electron chi connectivity index (χ0n) is 10.6. The van der Waals surface area contributed by atoms with Crippen LogP contribution in [0.25, 0.3) is 0 Å². The van der Waals surface area contributed by atoms with E-state index in [0.29, 0.717) is 19.1 Å². The minimum absolute atomic E-state index is 0.0830. The number of nitrogens with one attached hydrogen (secondary N) is 2. The number of halogens is 1. The third-order valence-corrected chi connectivity index (χ3v) is 2.68. The van der Waals surface area contributed by atoms with Crippen molar-refractivity contribution >= 4 is 17.6 Å². The number of hydrogen-bond donors (Lipinski definition) is 3. The van der Waals surface area contributed by atoms with Crippen molar-refractivity contribution in [3.63, 3.8) is 0 Å². The first-order valence-corrected chi connectivity index (χ1v) is 6.07. The van der Waals surface area contributed by atoms with Crippen molar-refractivity contribution in [2.24, 2.45) is 10.8 Å². The molecule has 0 aliphatic rings. The van der Waals surface area contributed by atoms with Crippen molar-refractivity contribution in [3.8, 4) is 0 Å². The summed E-state index contributed by atoms with van der Waals surface area (Å²) in [5.74, 6) is 5.94. The molecule has 0 aliphatic heterocycles. The van der Waals surface area contributed by atoms with E-state index in [1.165, 1.54) is 0 Å². The molecular weight excluding hydrogens is 252 g/mol. The van der Waals surface area contributed by atoms with E-state index in [9.17, 15) is 0 Å².